The Labute approximate surface area is 110 Å². The highest BCUT2D eigenvalue weighted by Crippen LogP contribution is 2.23. The first kappa shape index (κ1) is 14.6. The third-order valence-electron chi connectivity index (χ3n) is 2.46. The van der Waals surface area contributed by atoms with E-state index in [1.807, 2.05) is 0 Å². The van der Waals surface area contributed by atoms with Gasteiger partial charge >= 0.3 is 5.97 Å². The largest absolute Gasteiger partial charge is 0.480 e. The van der Waals surface area contributed by atoms with Crippen LogP contribution in [-0.2, 0) is 9.59 Å². The zero-order valence-electron chi connectivity index (χ0n) is 10.5. The summed E-state index contributed by atoms with van der Waals surface area (Å²) in [5, 5.41) is 11.4. The Hall–Kier alpha value is -2.43. The van der Waals surface area contributed by atoms with E-state index < -0.39 is 5.97 Å². The van der Waals surface area contributed by atoms with Crippen molar-refractivity contribution < 1.29 is 19.5 Å². The van der Waals surface area contributed by atoms with Gasteiger partial charge in [0.15, 0.2) is 5.78 Å². The molecule has 0 bridgehead atoms. The van der Waals surface area contributed by atoms with Crippen molar-refractivity contribution in [1.29, 1.82) is 0 Å². The van der Waals surface area contributed by atoms with E-state index in [9.17, 15) is 14.4 Å². The van der Waals surface area contributed by atoms with Gasteiger partial charge in [-0.05, 0) is 17.7 Å². The fourth-order valence-corrected chi connectivity index (χ4v) is 1.64. The molecule has 99 valence electrons. The Morgan fingerprint density at radius 1 is 1.42 bits per heavy atom. The Bertz CT molecular complexity index is 520. The molecule has 0 atom stereocenters. The first-order valence-corrected chi connectivity index (χ1v) is 5.76. The Morgan fingerprint density at radius 2 is 2.16 bits per heavy atom. The number of carboxylic acid groups (broad SMARTS) is 1. The normalized spacial score (nSPS) is 10.4. The van der Waals surface area contributed by atoms with Crippen LogP contribution in [0.1, 0.15) is 29.3 Å². The van der Waals surface area contributed by atoms with Crippen molar-refractivity contribution in [3.63, 3.8) is 0 Å². The number of aliphatic carboxylic acids is 1. The average molecular weight is 260 g/mol. The summed E-state index contributed by atoms with van der Waals surface area (Å²) in [6.07, 6.45) is 4.55. The number of anilines is 1. The number of allylic oxidation sites excluding steroid dienone is 1. The van der Waals surface area contributed by atoms with Gasteiger partial charge in [0.25, 0.3) is 0 Å². The lowest BCUT2D eigenvalue weighted by Gasteiger charge is -2.12. The number of ketones is 1. The summed E-state index contributed by atoms with van der Waals surface area (Å²) in [5.74, 6) is -1.14. The molecule has 0 fully saturated rings. The first-order chi connectivity index (χ1) is 9.10. The molecule has 0 saturated carbocycles. The third-order valence-corrected chi connectivity index (χ3v) is 2.46. The van der Waals surface area contributed by atoms with Crippen LogP contribution in [0.3, 0.4) is 0 Å². The molecule has 0 aliphatic heterocycles. The van der Waals surface area contributed by atoms with Crippen molar-refractivity contribution in [2.24, 2.45) is 0 Å². The van der Waals surface area contributed by atoms with E-state index in [0.717, 1.165) is 0 Å². The predicted molar refractivity (Wildman–Crippen MR) is 71.9 cm³/mol. The molecule has 0 aliphatic carbocycles. The number of hydrogen-bond acceptors (Lipinski definition) is 4. The second-order valence-corrected chi connectivity index (χ2v) is 3.75. The molecule has 0 saturated heterocycles. The second kappa shape index (κ2) is 7.10. The van der Waals surface area contributed by atoms with Gasteiger partial charge in [0.1, 0.15) is 6.54 Å². The predicted octanol–water partition coefficient (Wildman–Crippen LogP) is 1.90. The van der Waals surface area contributed by atoms with Crippen LogP contribution in [0.2, 0.25) is 0 Å². The maximum Gasteiger partial charge on any atom is 0.322 e. The molecule has 19 heavy (non-hydrogen) atoms. The molecule has 5 nitrogen and oxygen atoms in total. The maximum atomic E-state index is 11.9. The minimum atomic E-state index is -1.02. The number of carbonyl (C=O) groups excluding carboxylic acids is 2. The van der Waals surface area contributed by atoms with Gasteiger partial charge in [0.2, 0.25) is 6.29 Å². The molecule has 1 rings (SSSR count). The van der Waals surface area contributed by atoms with Crippen LogP contribution in [-0.4, -0.2) is 29.7 Å². The molecule has 0 unspecified atom stereocenters. The molecule has 0 aromatic heterocycles. The number of benzene rings is 1. The molecule has 1 aromatic rings. The molecule has 1 aromatic carbocycles. The first-order valence-electron chi connectivity index (χ1n) is 5.76. The summed E-state index contributed by atoms with van der Waals surface area (Å²) in [5.41, 5.74) is 1.39. The summed E-state index contributed by atoms with van der Waals surface area (Å²) < 4.78 is 0. The smallest absolute Gasteiger partial charge is 0.322 e. The minimum Gasteiger partial charge on any atom is -0.480 e. The molecule has 0 heterocycles. The Kier molecular flexibility index (Phi) is 5.47. The highest BCUT2D eigenvalue weighted by atomic mass is 16.4. The highest BCUT2D eigenvalue weighted by Gasteiger charge is 2.13. The van der Waals surface area contributed by atoms with Gasteiger partial charge in [-0.2, -0.15) is 0 Å². The third kappa shape index (κ3) is 4.06. The Morgan fingerprint density at radius 3 is 2.74 bits per heavy atom. The van der Waals surface area contributed by atoms with Crippen LogP contribution in [0.25, 0.3) is 6.08 Å². The van der Waals surface area contributed by atoms with Crippen LogP contribution in [0, 0.1) is 0 Å². The summed E-state index contributed by atoms with van der Waals surface area (Å²) in [7, 11) is 0. The van der Waals surface area contributed by atoms with Gasteiger partial charge in [-0.15, -0.1) is 0 Å². The number of rotatable bonds is 7. The number of Topliss-reactive ketones (excluding diaryl/α,β-unsaturated/α-hetero) is 1. The zero-order chi connectivity index (χ0) is 14.3. The number of carboxylic acids is 1. The molecule has 1 radical (unpaired) electrons. The summed E-state index contributed by atoms with van der Waals surface area (Å²) in [4.78, 5) is 32.7. The van der Waals surface area contributed by atoms with Gasteiger partial charge < -0.3 is 10.4 Å². The van der Waals surface area contributed by atoms with Gasteiger partial charge in [0.05, 0.1) is 0 Å². The monoisotopic (exact) mass is 260 g/mol. The van der Waals surface area contributed by atoms with E-state index in [4.69, 9.17) is 5.11 Å². The molecular formula is C14H14NO4. The lowest BCUT2D eigenvalue weighted by atomic mass is 9.99. The topological polar surface area (TPSA) is 83.5 Å². The van der Waals surface area contributed by atoms with Crippen LogP contribution in [0.5, 0.6) is 0 Å². The van der Waals surface area contributed by atoms with E-state index >= 15 is 0 Å². The molecule has 5 heteroatoms. The molecular weight excluding hydrogens is 246 g/mol. The standard InChI is InChI=1S/C14H14NO4/c1-2-12(17)14-10(6-4-8-16)5-3-7-11(14)15-9-13(18)19/h3-7,15H,2,9H2,1H3,(H,18,19)/b6-4+. The SMILES string of the molecule is CCC(=O)c1c(/C=C/[C]=O)cccc1NCC(=O)O. The van der Waals surface area contributed by atoms with Gasteiger partial charge in [-0.3, -0.25) is 14.4 Å². The molecule has 0 spiro atoms. The summed E-state index contributed by atoms with van der Waals surface area (Å²) >= 11 is 0. The quantitative estimate of drug-likeness (QED) is 0.578. The van der Waals surface area contributed by atoms with Crippen molar-refractivity contribution in [3.8, 4) is 0 Å². The number of hydrogen-bond donors (Lipinski definition) is 2. The maximum absolute atomic E-state index is 11.9. The van der Waals surface area contributed by atoms with Gasteiger partial charge in [0, 0.05) is 17.7 Å². The van der Waals surface area contributed by atoms with E-state index in [0.29, 0.717) is 16.8 Å². The summed E-state index contributed by atoms with van der Waals surface area (Å²) in [6, 6.07) is 5.00. The van der Waals surface area contributed by atoms with Crippen molar-refractivity contribution in [3.05, 3.63) is 35.4 Å². The van der Waals surface area contributed by atoms with Crippen molar-refractivity contribution in [2.75, 3.05) is 11.9 Å². The lowest BCUT2D eigenvalue weighted by molar-refractivity contribution is -0.134. The van der Waals surface area contributed by atoms with Crippen LogP contribution in [0.4, 0.5) is 5.69 Å². The van der Waals surface area contributed by atoms with Crippen molar-refractivity contribution in [1.82, 2.24) is 0 Å². The van der Waals surface area contributed by atoms with Gasteiger partial charge in [-0.25, -0.2) is 0 Å². The fourth-order valence-electron chi connectivity index (χ4n) is 1.64. The van der Waals surface area contributed by atoms with Crippen LogP contribution >= 0.6 is 0 Å². The minimum absolute atomic E-state index is 0.126. The van der Waals surface area contributed by atoms with E-state index in [-0.39, 0.29) is 18.7 Å². The number of nitrogens with one attached hydrogen (secondary N) is 1. The van der Waals surface area contributed by atoms with E-state index in [1.54, 1.807) is 31.4 Å². The lowest BCUT2D eigenvalue weighted by Crippen LogP contribution is -2.15. The Balaban J connectivity index is 3.21. The fraction of sp³-hybridized carbons (Fsp3) is 0.214. The van der Waals surface area contributed by atoms with Crippen molar-refractivity contribution >= 4 is 29.8 Å². The van der Waals surface area contributed by atoms with Crippen molar-refractivity contribution in [2.45, 2.75) is 13.3 Å². The molecule has 0 amide bonds. The van der Waals surface area contributed by atoms with E-state index in [2.05, 4.69) is 5.32 Å². The second-order valence-electron chi connectivity index (χ2n) is 3.75. The van der Waals surface area contributed by atoms with Crippen LogP contribution < -0.4 is 5.32 Å². The number of carbonyl (C=O) groups is 2. The van der Waals surface area contributed by atoms with Crippen LogP contribution in [0.15, 0.2) is 24.3 Å². The average Bonchev–Trinajstić information content (AvgIpc) is 2.41. The summed E-state index contributed by atoms with van der Waals surface area (Å²) in [6.45, 7) is 1.44. The highest BCUT2D eigenvalue weighted by molar-refractivity contribution is 6.05. The molecule has 0 aliphatic rings. The molecule has 2 N–H and O–H groups in total. The van der Waals surface area contributed by atoms with Gasteiger partial charge in [-0.1, -0.05) is 25.1 Å². The zero-order valence-corrected chi connectivity index (χ0v) is 10.5. The van der Waals surface area contributed by atoms with E-state index in [1.165, 1.54) is 12.2 Å².